The molecule has 2 heteroatoms. The Morgan fingerprint density at radius 2 is 1.56 bits per heavy atom. The van der Waals surface area contributed by atoms with Gasteiger partial charge in [0.05, 0.1) is 0 Å². The Bertz CT molecular complexity index is 166. The van der Waals surface area contributed by atoms with Gasteiger partial charge < -0.3 is 10.6 Å². The van der Waals surface area contributed by atoms with Crippen molar-refractivity contribution >= 4 is 0 Å². The minimum atomic E-state index is 0.361. The van der Waals surface area contributed by atoms with Crippen LogP contribution in [0.2, 0.25) is 0 Å². The highest BCUT2D eigenvalue weighted by Crippen LogP contribution is 2.14. The lowest BCUT2D eigenvalue weighted by Gasteiger charge is -2.30. The summed E-state index contributed by atoms with van der Waals surface area (Å²) in [5.41, 5.74) is 5.76. The number of nitrogens with zero attached hydrogens (tertiary/aromatic N) is 1. The molecule has 0 rings (SSSR count). The van der Waals surface area contributed by atoms with Crippen molar-refractivity contribution in [1.82, 2.24) is 4.90 Å². The van der Waals surface area contributed by atoms with E-state index in [9.17, 15) is 0 Å². The van der Waals surface area contributed by atoms with Crippen molar-refractivity contribution in [3.63, 3.8) is 0 Å². The fourth-order valence-corrected chi connectivity index (χ4v) is 2.05. The molecule has 3 atom stereocenters. The Morgan fingerprint density at radius 1 is 1.00 bits per heavy atom. The van der Waals surface area contributed by atoms with E-state index in [0.717, 1.165) is 18.3 Å². The molecule has 0 amide bonds. The summed E-state index contributed by atoms with van der Waals surface area (Å²) in [6.07, 6.45) is 3.73. The summed E-state index contributed by atoms with van der Waals surface area (Å²) >= 11 is 0. The quantitative estimate of drug-likeness (QED) is 0.691. The Morgan fingerprint density at radius 3 is 2.00 bits per heavy atom. The first-order valence-corrected chi connectivity index (χ1v) is 6.80. The zero-order valence-electron chi connectivity index (χ0n) is 12.2. The van der Waals surface area contributed by atoms with Crippen LogP contribution in [0.1, 0.15) is 53.9 Å². The van der Waals surface area contributed by atoms with Gasteiger partial charge in [-0.05, 0) is 45.6 Å². The standard InChI is InChI=1S/C14H32N2/c1-11(2)14(5)16(6)10-12(3)8-7-9-13(4)15/h11-14H,7-10,15H2,1-6H3. The van der Waals surface area contributed by atoms with Crippen molar-refractivity contribution < 1.29 is 0 Å². The lowest BCUT2D eigenvalue weighted by atomic mass is 9.99. The van der Waals surface area contributed by atoms with Gasteiger partial charge in [-0.25, -0.2) is 0 Å². The van der Waals surface area contributed by atoms with Crippen LogP contribution >= 0.6 is 0 Å². The Kier molecular flexibility index (Phi) is 8.04. The molecule has 0 bridgehead atoms. The van der Waals surface area contributed by atoms with Crippen LogP contribution in [0.3, 0.4) is 0 Å². The number of nitrogens with two attached hydrogens (primary N) is 1. The average molecular weight is 228 g/mol. The predicted octanol–water partition coefficient (Wildman–Crippen LogP) is 3.12. The van der Waals surface area contributed by atoms with Gasteiger partial charge in [-0.2, -0.15) is 0 Å². The summed E-state index contributed by atoms with van der Waals surface area (Å²) in [7, 11) is 2.24. The summed E-state index contributed by atoms with van der Waals surface area (Å²) in [6, 6.07) is 1.04. The van der Waals surface area contributed by atoms with Gasteiger partial charge in [0.1, 0.15) is 0 Å². The molecule has 0 aliphatic carbocycles. The molecule has 0 aromatic rings. The van der Waals surface area contributed by atoms with Crippen LogP contribution in [-0.4, -0.2) is 30.6 Å². The highest BCUT2D eigenvalue weighted by molar-refractivity contribution is 4.69. The topological polar surface area (TPSA) is 29.3 Å². The average Bonchev–Trinajstić information content (AvgIpc) is 2.15. The van der Waals surface area contributed by atoms with E-state index in [2.05, 4.69) is 46.6 Å². The third kappa shape index (κ3) is 7.24. The van der Waals surface area contributed by atoms with Gasteiger partial charge in [0, 0.05) is 18.6 Å². The van der Waals surface area contributed by atoms with Crippen LogP contribution in [0.4, 0.5) is 0 Å². The Balaban J connectivity index is 3.73. The summed E-state index contributed by atoms with van der Waals surface area (Å²) in [5, 5.41) is 0. The Labute approximate surface area is 103 Å². The van der Waals surface area contributed by atoms with Crippen molar-refractivity contribution in [3.05, 3.63) is 0 Å². The first-order valence-electron chi connectivity index (χ1n) is 6.80. The number of hydrogen-bond acceptors (Lipinski definition) is 2. The van der Waals surface area contributed by atoms with Crippen molar-refractivity contribution in [2.75, 3.05) is 13.6 Å². The third-order valence-corrected chi connectivity index (χ3v) is 3.62. The maximum absolute atomic E-state index is 5.76. The van der Waals surface area contributed by atoms with Gasteiger partial charge in [0.15, 0.2) is 0 Å². The largest absolute Gasteiger partial charge is 0.328 e. The molecule has 98 valence electrons. The molecule has 0 aromatic carbocycles. The molecule has 0 aromatic heterocycles. The molecule has 0 saturated carbocycles. The zero-order valence-corrected chi connectivity index (χ0v) is 12.2. The smallest absolute Gasteiger partial charge is 0.00869 e. The zero-order chi connectivity index (χ0) is 12.7. The minimum Gasteiger partial charge on any atom is -0.328 e. The monoisotopic (exact) mass is 228 g/mol. The number of rotatable bonds is 8. The van der Waals surface area contributed by atoms with E-state index in [4.69, 9.17) is 5.73 Å². The molecule has 0 aliphatic heterocycles. The SMILES string of the molecule is CC(N)CCCC(C)CN(C)C(C)C(C)C. The molecule has 0 heterocycles. The second-order valence-electron chi connectivity index (χ2n) is 5.94. The molecular formula is C14H32N2. The van der Waals surface area contributed by atoms with E-state index in [1.165, 1.54) is 19.4 Å². The summed E-state index contributed by atoms with van der Waals surface area (Å²) in [6.45, 7) is 12.6. The van der Waals surface area contributed by atoms with Gasteiger partial charge in [-0.15, -0.1) is 0 Å². The molecule has 0 saturated heterocycles. The number of hydrogen-bond donors (Lipinski definition) is 1. The summed E-state index contributed by atoms with van der Waals surface area (Å²) in [4.78, 5) is 2.49. The van der Waals surface area contributed by atoms with Crippen molar-refractivity contribution in [2.24, 2.45) is 17.6 Å². The lowest BCUT2D eigenvalue weighted by molar-refractivity contribution is 0.179. The molecule has 0 fully saturated rings. The molecule has 3 unspecified atom stereocenters. The van der Waals surface area contributed by atoms with Crippen LogP contribution in [0.5, 0.6) is 0 Å². The molecule has 0 spiro atoms. The van der Waals surface area contributed by atoms with Gasteiger partial charge in [0.2, 0.25) is 0 Å². The fraction of sp³-hybridized carbons (Fsp3) is 1.00. The summed E-state index contributed by atoms with van der Waals surface area (Å²) in [5.74, 6) is 1.52. The first kappa shape index (κ1) is 15.9. The van der Waals surface area contributed by atoms with E-state index >= 15 is 0 Å². The molecule has 2 N–H and O–H groups in total. The maximum atomic E-state index is 5.76. The lowest BCUT2D eigenvalue weighted by Crippen LogP contribution is -2.36. The fourth-order valence-electron chi connectivity index (χ4n) is 2.05. The molecule has 16 heavy (non-hydrogen) atoms. The van der Waals surface area contributed by atoms with Crippen LogP contribution in [0, 0.1) is 11.8 Å². The van der Waals surface area contributed by atoms with E-state index in [-0.39, 0.29) is 0 Å². The third-order valence-electron chi connectivity index (χ3n) is 3.62. The highest BCUT2D eigenvalue weighted by Gasteiger charge is 2.15. The van der Waals surface area contributed by atoms with Crippen LogP contribution in [0.25, 0.3) is 0 Å². The van der Waals surface area contributed by atoms with Gasteiger partial charge >= 0.3 is 0 Å². The molecular weight excluding hydrogens is 196 g/mol. The normalized spacial score (nSPS) is 17.8. The second-order valence-corrected chi connectivity index (χ2v) is 5.94. The van der Waals surface area contributed by atoms with Crippen molar-refractivity contribution in [1.29, 1.82) is 0 Å². The predicted molar refractivity (Wildman–Crippen MR) is 73.6 cm³/mol. The first-order chi connectivity index (χ1) is 7.34. The van der Waals surface area contributed by atoms with Crippen LogP contribution in [-0.2, 0) is 0 Å². The van der Waals surface area contributed by atoms with Gasteiger partial charge in [-0.1, -0.05) is 27.2 Å². The Hall–Kier alpha value is -0.0800. The molecule has 0 radical (unpaired) electrons. The second kappa shape index (κ2) is 8.08. The minimum absolute atomic E-state index is 0.361. The van der Waals surface area contributed by atoms with Crippen LogP contribution in [0.15, 0.2) is 0 Å². The van der Waals surface area contributed by atoms with Gasteiger partial charge in [-0.3, -0.25) is 0 Å². The van der Waals surface area contributed by atoms with Crippen molar-refractivity contribution in [3.8, 4) is 0 Å². The van der Waals surface area contributed by atoms with E-state index in [1.54, 1.807) is 0 Å². The van der Waals surface area contributed by atoms with E-state index in [1.807, 2.05) is 0 Å². The maximum Gasteiger partial charge on any atom is 0.00869 e. The van der Waals surface area contributed by atoms with Crippen molar-refractivity contribution in [2.45, 2.75) is 66.0 Å². The summed E-state index contributed by atoms with van der Waals surface area (Å²) < 4.78 is 0. The van der Waals surface area contributed by atoms with Gasteiger partial charge in [0.25, 0.3) is 0 Å². The van der Waals surface area contributed by atoms with Crippen LogP contribution < -0.4 is 5.73 Å². The highest BCUT2D eigenvalue weighted by atomic mass is 15.1. The molecule has 2 nitrogen and oxygen atoms in total. The van der Waals surface area contributed by atoms with E-state index < -0.39 is 0 Å². The van der Waals surface area contributed by atoms with E-state index in [0.29, 0.717) is 12.1 Å². The molecule has 0 aliphatic rings.